The second-order valence-electron chi connectivity index (χ2n) is 3.82. The molecule has 1 N–H and O–H groups in total. The number of ether oxygens (including phenoxy) is 2. The Balaban J connectivity index is 2.20. The lowest BCUT2D eigenvalue weighted by Crippen LogP contribution is -2.11. The highest BCUT2D eigenvalue weighted by Crippen LogP contribution is 2.27. The Kier molecular flexibility index (Phi) is 4.03. The third-order valence-electron chi connectivity index (χ3n) is 2.61. The molecule has 1 radical (unpaired) electrons. The minimum Gasteiger partial charge on any atom is -0.493 e. The van der Waals surface area contributed by atoms with Gasteiger partial charge in [0, 0.05) is 11.3 Å². The Bertz CT molecular complexity index is 567. The fourth-order valence-corrected chi connectivity index (χ4v) is 1.65. The van der Waals surface area contributed by atoms with Crippen molar-refractivity contribution in [3.05, 3.63) is 54.1 Å². The van der Waals surface area contributed by atoms with Gasteiger partial charge < -0.3 is 14.8 Å². The first-order valence-electron chi connectivity index (χ1n) is 5.74. The molecule has 0 heterocycles. The van der Waals surface area contributed by atoms with E-state index in [-0.39, 0.29) is 5.91 Å². The van der Waals surface area contributed by atoms with Crippen LogP contribution in [0.1, 0.15) is 10.4 Å². The highest BCUT2D eigenvalue weighted by Gasteiger charge is 2.10. The summed E-state index contributed by atoms with van der Waals surface area (Å²) in [6, 6.07) is 15.0. The lowest BCUT2D eigenvalue weighted by Gasteiger charge is -2.09. The Morgan fingerprint density at radius 2 is 1.95 bits per heavy atom. The summed E-state index contributed by atoms with van der Waals surface area (Å²) in [5.41, 5.74) is 1.20. The van der Waals surface area contributed by atoms with E-state index in [2.05, 4.69) is 11.4 Å². The maximum Gasteiger partial charge on any atom is 0.255 e. The Morgan fingerprint density at radius 3 is 2.58 bits per heavy atom. The van der Waals surface area contributed by atoms with Gasteiger partial charge in [0.05, 0.1) is 14.2 Å². The van der Waals surface area contributed by atoms with Crippen molar-refractivity contribution in [3.8, 4) is 11.5 Å². The van der Waals surface area contributed by atoms with Gasteiger partial charge in [-0.3, -0.25) is 4.79 Å². The van der Waals surface area contributed by atoms with E-state index in [1.54, 1.807) is 43.5 Å². The summed E-state index contributed by atoms with van der Waals surface area (Å²) in [5.74, 6) is 0.905. The first-order valence-corrected chi connectivity index (χ1v) is 5.74. The molecule has 2 aromatic rings. The van der Waals surface area contributed by atoms with Crippen LogP contribution >= 0.6 is 0 Å². The molecule has 0 bridgehead atoms. The lowest BCUT2D eigenvalue weighted by molar-refractivity contribution is 0.102. The van der Waals surface area contributed by atoms with Crippen LogP contribution in [0, 0.1) is 6.07 Å². The van der Waals surface area contributed by atoms with E-state index in [0.717, 1.165) is 0 Å². The third-order valence-corrected chi connectivity index (χ3v) is 2.61. The molecule has 2 rings (SSSR count). The fraction of sp³-hybridized carbons (Fsp3) is 0.133. The molecule has 2 aromatic carbocycles. The van der Waals surface area contributed by atoms with Gasteiger partial charge in [-0.25, -0.2) is 0 Å². The zero-order valence-corrected chi connectivity index (χ0v) is 10.8. The number of rotatable bonds is 4. The summed E-state index contributed by atoms with van der Waals surface area (Å²) in [5, 5.41) is 2.78. The molecular weight excluding hydrogens is 242 g/mol. The summed E-state index contributed by atoms with van der Waals surface area (Å²) in [4.78, 5) is 12.1. The first-order chi connectivity index (χ1) is 9.24. The molecule has 97 valence electrons. The van der Waals surface area contributed by atoms with Gasteiger partial charge in [0.2, 0.25) is 0 Å². The second-order valence-corrected chi connectivity index (χ2v) is 3.82. The van der Waals surface area contributed by atoms with Crippen LogP contribution in [0.15, 0.2) is 42.5 Å². The average Bonchev–Trinajstić information content (AvgIpc) is 2.47. The van der Waals surface area contributed by atoms with Gasteiger partial charge in [0.1, 0.15) is 0 Å². The van der Waals surface area contributed by atoms with Crippen molar-refractivity contribution in [2.24, 2.45) is 0 Å². The molecule has 4 heteroatoms. The predicted molar refractivity (Wildman–Crippen MR) is 72.8 cm³/mol. The number of anilines is 1. The number of hydrogen-bond donors (Lipinski definition) is 1. The van der Waals surface area contributed by atoms with Gasteiger partial charge in [0.25, 0.3) is 5.91 Å². The minimum atomic E-state index is -0.208. The molecule has 0 saturated heterocycles. The average molecular weight is 256 g/mol. The monoisotopic (exact) mass is 256 g/mol. The van der Waals surface area contributed by atoms with E-state index in [4.69, 9.17) is 9.47 Å². The van der Waals surface area contributed by atoms with Crippen LogP contribution in [-0.2, 0) is 0 Å². The number of hydrogen-bond acceptors (Lipinski definition) is 3. The molecule has 0 spiro atoms. The molecule has 0 aliphatic rings. The fourth-order valence-electron chi connectivity index (χ4n) is 1.65. The molecule has 19 heavy (non-hydrogen) atoms. The lowest BCUT2D eigenvalue weighted by atomic mass is 10.2. The van der Waals surface area contributed by atoms with Gasteiger partial charge in [-0.05, 0) is 36.4 Å². The van der Waals surface area contributed by atoms with Gasteiger partial charge in [-0.15, -0.1) is 0 Å². The van der Waals surface area contributed by atoms with Crippen LogP contribution < -0.4 is 14.8 Å². The van der Waals surface area contributed by atoms with Crippen molar-refractivity contribution in [3.63, 3.8) is 0 Å². The highest BCUT2D eigenvalue weighted by molar-refractivity contribution is 6.04. The quantitative estimate of drug-likeness (QED) is 0.915. The number of carbonyl (C=O) groups is 1. The van der Waals surface area contributed by atoms with E-state index in [1.165, 1.54) is 7.11 Å². The molecule has 0 fully saturated rings. The molecule has 1 amide bonds. The van der Waals surface area contributed by atoms with E-state index in [0.29, 0.717) is 22.7 Å². The third kappa shape index (κ3) is 3.04. The summed E-state index contributed by atoms with van der Waals surface area (Å²) >= 11 is 0. The summed E-state index contributed by atoms with van der Waals surface area (Å²) in [6.45, 7) is 0. The van der Waals surface area contributed by atoms with Crippen molar-refractivity contribution < 1.29 is 14.3 Å². The van der Waals surface area contributed by atoms with Crippen molar-refractivity contribution in [1.82, 2.24) is 0 Å². The first kappa shape index (κ1) is 13.0. The van der Waals surface area contributed by atoms with E-state index in [1.807, 2.05) is 6.07 Å². The smallest absolute Gasteiger partial charge is 0.255 e. The summed E-state index contributed by atoms with van der Waals surface area (Å²) < 4.78 is 10.3. The highest BCUT2D eigenvalue weighted by atomic mass is 16.5. The van der Waals surface area contributed by atoms with Crippen LogP contribution in [-0.4, -0.2) is 20.1 Å². The zero-order chi connectivity index (χ0) is 13.7. The maximum absolute atomic E-state index is 12.1. The van der Waals surface area contributed by atoms with Crippen LogP contribution in [0.2, 0.25) is 0 Å². The van der Waals surface area contributed by atoms with Gasteiger partial charge in [0.15, 0.2) is 11.5 Å². The largest absolute Gasteiger partial charge is 0.493 e. The number of nitrogens with one attached hydrogen (secondary N) is 1. The molecular formula is C15H14NO3. The van der Waals surface area contributed by atoms with E-state index >= 15 is 0 Å². The van der Waals surface area contributed by atoms with Crippen LogP contribution in [0.5, 0.6) is 11.5 Å². The van der Waals surface area contributed by atoms with E-state index in [9.17, 15) is 4.79 Å². The zero-order valence-electron chi connectivity index (χ0n) is 10.8. The van der Waals surface area contributed by atoms with E-state index < -0.39 is 0 Å². The molecule has 0 aliphatic heterocycles. The molecule has 4 nitrogen and oxygen atoms in total. The summed E-state index contributed by atoms with van der Waals surface area (Å²) in [7, 11) is 3.09. The van der Waals surface area contributed by atoms with Gasteiger partial charge >= 0.3 is 0 Å². The predicted octanol–water partition coefficient (Wildman–Crippen LogP) is 2.76. The maximum atomic E-state index is 12.1. The number of carbonyl (C=O) groups excluding carboxylic acids is 1. The van der Waals surface area contributed by atoms with Crippen LogP contribution in [0.3, 0.4) is 0 Å². The Morgan fingerprint density at radius 1 is 1.16 bits per heavy atom. The number of amides is 1. The van der Waals surface area contributed by atoms with Crippen molar-refractivity contribution >= 4 is 11.6 Å². The molecule has 0 aromatic heterocycles. The molecule has 0 unspecified atom stereocenters. The molecule has 0 atom stereocenters. The van der Waals surface area contributed by atoms with Crippen molar-refractivity contribution in [2.45, 2.75) is 0 Å². The Labute approximate surface area is 112 Å². The topological polar surface area (TPSA) is 47.6 Å². The van der Waals surface area contributed by atoms with Crippen molar-refractivity contribution in [1.29, 1.82) is 0 Å². The van der Waals surface area contributed by atoms with Crippen LogP contribution in [0.25, 0.3) is 0 Å². The second kappa shape index (κ2) is 5.91. The van der Waals surface area contributed by atoms with Crippen molar-refractivity contribution in [2.75, 3.05) is 19.5 Å². The van der Waals surface area contributed by atoms with Gasteiger partial charge in [-0.2, -0.15) is 0 Å². The minimum absolute atomic E-state index is 0.208. The van der Waals surface area contributed by atoms with Gasteiger partial charge in [-0.1, -0.05) is 12.1 Å². The van der Waals surface area contributed by atoms with Crippen LogP contribution in [0.4, 0.5) is 5.69 Å². The molecule has 0 aliphatic carbocycles. The SMILES string of the molecule is COc1ccc(C(=O)Nc2c[c]ccc2)cc1OC. The molecule has 0 saturated carbocycles. The standard InChI is InChI=1S/C15H14NO3/c1-18-13-9-8-11(10-14(13)19-2)15(17)16-12-6-4-3-5-7-12/h3-4,6-10H,1-2H3,(H,16,17). The normalized spacial score (nSPS) is 9.79. The number of methoxy groups -OCH3 is 2. The number of benzene rings is 2. The Hall–Kier alpha value is -2.49. The summed E-state index contributed by atoms with van der Waals surface area (Å²) in [6.07, 6.45) is 0.